The van der Waals surface area contributed by atoms with Crippen molar-refractivity contribution in [3.63, 3.8) is 0 Å². The molecule has 17 heavy (non-hydrogen) atoms. The van der Waals surface area contributed by atoms with Crippen molar-refractivity contribution >= 4 is 11.3 Å². The lowest BCUT2D eigenvalue weighted by atomic mass is 10.4. The Hall–Kier alpha value is -0.450. The molecule has 0 aliphatic heterocycles. The quantitative estimate of drug-likeness (QED) is 0.688. The molecule has 2 rings (SSSR count). The summed E-state index contributed by atoms with van der Waals surface area (Å²) in [7, 11) is 0. The van der Waals surface area contributed by atoms with E-state index in [1.54, 1.807) is 0 Å². The number of aromatic nitrogens is 1. The van der Waals surface area contributed by atoms with Crippen LogP contribution in [-0.2, 0) is 17.7 Å². The Morgan fingerprint density at radius 1 is 1.53 bits per heavy atom. The zero-order chi connectivity index (χ0) is 11.9. The summed E-state index contributed by atoms with van der Waals surface area (Å²) >= 11 is 1.81. The minimum absolute atomic E-state index is 0.882. The Balaban J connectivity index is 1.44. The summed E-state index contributed by atoms with van der Waals surface area (Å²) < 4.78 is 5.58. The van der Waals surface area contributed by atoms with Crippen molar-refractivity contribution in [1.82, 2.24) is 10.3 Å². The number of ether oxygens (including phenoxy) is 1. The van der Waals surface area contributed by atoms with Gasteiger partial charge in [0, 0.05) is 30.8 Å². The van der Waals surface area contributed by atoms with Gasteiger partial charge >= 0.3 is 0 Å². The molecule has 0 amide bonds. The Labute approximate surface area is 108 Å². The van der Waals surface area contributed by atoms with E-state index in [9.17, 15) is 0 Å². The van der Waals surface area contributed by atoms with E-state index in [-0.39, 0.29) is 0 Å². The van der Waals surface area contributed by atoms with Crippen LogP contribution < -0.4 is 5.32 Å². The summed E-state index contributed by atoms with van der Waals surface area (Å²) in [5, 5.41) is 4.66. The number of nitrogens with zero attached hydrogens (tertiary/aromatic N) is 1. The summed E-state index contributed by atoms with van der Waals surface area (Å²) in [4.78, 5) is 5.68. The monoisotopic (exact) mass is 254 g/mol. The third kappa shape index (κ3) is 5.15. The van der Waals surface area contributed by atoms with E-state index in [0.29, 0.717) is 0 Å². The van der Waals surface area contributed by atoms with Gasteiger partial charge in [0.2, 0.25) is 0 Å². The molecule has 1 aliphatic carbocycles. The maximum atomic E-state index is 5.58. The van der Waals surface area contributed by atoms with Crippen LogP contribution in [0.25, 0.3) is 0 Å². The van der Waals surface area contributed by atoms with E-state index in [1.807, 2.05) is 17.5 Å². The van der Waals surface area contributed by atoms with Crippen molar-refractivity contribution in [2.75, 3.05) is 19.8 Å². The fraction of sp³-hybridized carbons (Fsp3) is 0.769. The standard InChI is InChI=1S/C13H22N2OS/c1-2-13-15-9-12(17-13)8-14-6-3-7-16-10-11-4-5-11/h9,11,14H,2-8,10H2,1H3. The van der Waals surface area contributed by atoms with Crippen LogP contribution >= 0.6 is 11.3 Å². The molecule has 4 heteroatoms. The molecule has 1 aliphatic rings. The van der Waals surface area contributed by atoms with E-state index in [2.05, 4.69) is 17.2 Å². The SMILES string of the molecule is CCc1ncc(CNCCCOCC2CC2)s1. The summed E-state index contributed by atoms with van der Waals surface area (Å²) in [5.41, 5.74) is 0. The Bertz CT molecular complexity index is 323. The van der Waals surface area contributed by atoms with E-state index in [4.69, 9.17) is 4.74 Å². The highest BCUT2D eigenvalue weighted by Crippen LogP contribution is 2.28. The zero-order valence-electron chi connectivity index (χ0n) is 10.6. The number of rotatable bonds is 9. The van der Waals surface area contributed by atoms with Gasteiger partial charge in [0.1, 0.15) is 0 Å². The summed E-state index contributed by atoms with van der Waals surface area (Å²) in [6.07, 6.45) is 6.89. The molecule has 0 atom stereocenters. The zero-order valence-corrected chi connectivity index (χ0v) is 11.4. The minimum atomic E-state index is 0.882. The minimum Gasteiger partial charge on any atom is -0.381 e. The Morgan fingerprint density at radius 3 is 3.12 bits per heavy atom. The molecule has 0 unspecified atom stereocenters. The fourth-order valence-electron chi connectivity index (χ4n) is 1.64. The van der Waals surface area contributed by atoms with E-state index < -0.39 is 0 Å². The number of hydrogen-bond acceptors (Lipinski definition) is 4. The van der Waals surface area contributed by atoms with Crippen LogP contribution in [0, 0.1) is 5.92 Å². The van der Waals surface area contributed by atoms with Crippen molar-refractivity contribution in [2.24, 2.45) is 5.92 Å². The molecule has 0 spiro atoms. The van der Waals surface area contributed by atoms with Crippen LogP contribution in [0.15, 0.2) is 6.20 Å². The number of thiazole rings is 1. The second-order valence-electron chi connectivity index (χ2n) is 4.62. The van der Waals surface area contributed by atoms with Gasteiger partial charge in [0.15, 0.2) is 0 Å². The smallest absolute Gasteiger partial charge is 0.0925 e. The van der Waals surface area contributed by atoms with E-state index >= 15 is 0 Å². The Kier molecular flexibility index (Phi) is 5.42. The van der Waals surface area contributed by atoms with Crippen molar-refractivity contribution < 1.29 is 4.74 Å². The average molecular weight is 254 g/mol. The topological polar surface area (TPSA) is 34.2 Å². The molecule has 1 N–H and O–H groups in total. The Morgan fingerprint density at radius 2 is 2.41 bits per heavy atom. The van der Waals surface area contributed by atoms with Crippen LogP contribution in [0.1, 0.15) is 36.1 Å². The summed E-state index contributed by atoms with van der Waals surface area (Å²) in [5.74, 6) is 0.882. The largest absolute Gasteiger partial charge is 0.381 e. The maximum absolute atomic E-state index is 5.58. The van der Waals surface area contributed by atoms with Crippen molar-refractivity contribution in [2.45, 2.75) is 39.2 Å². The summed E-state index contributed by atoms with van der Waals surface area (Å²) in [6.45, 7) is 6.00. The first-order chi connectivity index (χ1) is 8.38. The van der Waals surface area contributed by atoms with Crippen molar-refractivity contribution in [3.8, 4) is 0 Å². The predicted molar refractivity (Wildman–Crippen MR) is 71.4 cm³/mol. The number of aryl methyl sites for hydroxylation is 1. The third-order valence-corrected chi connectivity index (χ3v) is 4.04. The van der Waals surface area contributed by atoms with E-state index in [1.165, 1.54) is 22.7 Å². The second kappa shape index (κ2) is 7.09. The normalized spacial score (nSPS) is 15.4. The van der Waals surface area contributed by atoms with Gasteiger partial charge < -0.3 is 10.1 Å². The van der Waals surface area contributed by atoms with Gasteiger partial charge in [0.05, 0.1) is 5.01 Å². The van der Waals surface area contributed by atoms with Crippen LogP contribution in [0.2, 0.25) is 0 Å². The molecule has 96 valence electrons. The van der Waals surface area contributed by atoms with Gasteiger partial charge in [-0.05, 0) is 38.1 Å². The maximum Gasteiger partial charge on any atom is 0.0925 e. The highest BCUT2D eigenvalue weighted by molar-refractivity contribution is 7.11. The van der Waals surface area contributed by atoms with Gasteiger partial charge in [-0.15, -0.1) is 11.3 Å². The summed E-state index contributed by atoms with van der Waals surface area (Å²) in [6, 6.07) is 0. The first kappa shape index (κ1) is 13.0. The lowest BCUT2D eigenvalue weighted by Gasteiger charge is -2.04. The molecule has 1 heterocycles. The molecule has 1 aromatic rings. The van der Waals surface area contributed by atoms with Gasteiger partial charge in [-0.2, -0.15) is 0 Å². The van der Waals surface area contributed by atoms with E-state index in [0.717, 1.165) is 45.1 Å². The molecule has 3 nitrogen and oxygen atoms in total. The molecule has 1 aromatic heterocycles. The van der Waals surface area contributed by atoms with Crippen LogP contribution in [0.3, 0.4) is 0 Å². The number of nitrogens with one attached hydrogen (secondary N) is 1. The van der Waals surface area contributed by atoms with Gasteiger partial charge in [-0.1, -0.05) is 6.92 Å². The molecule has 0 saturated heterocycles. The van der Waals surface area contributed by atoms with Gasteiger partial charge in [-0.3, -0.25) is 0 Å². The highest BCUT2D eigenvalue weighted by atomic mass is 32.1. The van der Waals surface area contributed by atoms with Gasteiger partial charge in [0.25, 0.3) is 0 Å². The molecular weight excluding hydrogens is 232 g/mol. The van der Waals surface area contributed by atoms with Crippen LogP contribution in [0.4, 0.5) is 0 Å². The number of hydrogen-bond donors (Lipinski definition) is 1. The molecule has 0 radical (unpaired) electrons. The lowest BCUT2D eigenvalue weighted by molar-refractivity contribution is 0.122. The van der Waals surface area contributed by atoms with Crippen LogP contribution in [0.5, 0.6) is 0 Å². The first-order valence-electron chi connectivity index (χ1n) is 6.60. The van der Waals surface area contributed by atoms with Crippen molar-refractivity contribution in [1.29, 1.82) is 0 Å². The molecular formula is C13H22N2OS. The molecule has 1 fully saturated rings. The average Bonchev–Trinajstić information content (AvgIpc) is 3.05. The fourth-order valence-corrected chi connectivity index (χ4v) is 2.47. The lowest BCUT2D eigenvalue weighted by Crippen LogP contribution is -2.16. The van der Waals surface area contributed by atoms with Crippen LogP contribution in [-0.4, -0.2) is 24.7 Å². The van der Waals surface area contributed by atoms with Gasteiger partial charge in [-0.25, -0.2) is 4.98 Å². The first-order valence-corrected chi connectivity index (χ1v) is 7.42. The molecule has 0 aromatic carbocycles. The second-order valence-corrected chi connectivity index (χ2v) is 5.82. The molecule has 1 saturated carbocycles. The van der Waals surface area contributed by atoms with Crippen molar-refractivity contribution in [3.05, 3.63) is 16.1 Å². The highest BCUT2D eigenvalue weighted by Gasteiger charge is 2.20. The molecule has 0 bridgehead atoms. The third-order valence-electron chi connectivity index (χ3n) is 2.90. The predicted octanol–water partition coefficient (Wildman–Crippen LogP) is 2.61.